The van der Waals surface area contributed by atoms with Gasteiger partial charge in [0.25, 0.3) is 5.69 Å². The normalized spacial score (nSPS) is 11.3. The lowest BCUT2D eigenvalue weighted by atomic mass is 10.1. The van der Waals surface area contributed by atoms with Gasteiger partial charge in [-0.2, -0.15) is 0 Å². The number of nitrogens with two attached hydrogens (primary N) is 1. The lowest BCUT2D eigenvalue weighted by molar-refractivity contribution is -0.384. The number of rotatable bonds is 4. The van der Waals surface area contributed by atoms with Gasteiger partial charge in [0.2, 0.25) is 0 Å². The maximum atomic E-state index is 10.7. The molecule has 0 bridgehead atoms. The summed E-state index contributed by atoms with van der Waals surface area (Å²) in [6.07, 6.45) is 0. The molecular formula is C16H18N4O2. The number of nitrogens with one attached hydrogen (secondary N) is 1. The van der Waals surface area contributed by atoms with E-state index < -0.39 is 4.92 Å². The Morgan fingerprint density at radius 1 is 1.23 bits per heavy atom. The van der Waals surface area contributed by atoms with Crippen LogP contribution in [0.2, 0.25) is 0 Å². The summed E-state index contributed by atoms with van der Waals surface area (Å²) < 4.78 is 0. The van der Waals surface area contributed by atoms with Crippen LogP contribution in [0.15, 0.2) is 47.5 Å². The molecule has 0 fully saturated rings. The van der Waals surface area contributed by atoms with Gasteiger partial charge < -0.3 is 11.1 Å². The van der Waals surface area contributed by atoms with Gasteiger partial charge in [-0.25, -0.2) is 4.99 Å². The number of nitro benzene ring substituents is 1. The number of anilines is 1. The van der Waals surface area contributed by atoms with E-state index in [1.54, 1.807) is 12.1 Å². The van der Waals surface area contributed by atoms with Crippen molar-refractivity contribution in [2.45, 2.75) is 20.4 Å². The minimum absolute atomic E-state index is 0.0494. The van der Waals surface area contributed by atoms with Crippen molar-refractivity contribution in [2.24, 2.45) is 10.7 Å². The summed E-state index contributed by atoms with van der Waals surface area (Å²) in [5.74, 6) is 0.273. The Balaban J connectivity index is 2.04. The van der Waals surface area contributed by atoms with E-state index in [2.05, 4.69) is 10.3 Å². The third kappa shape index (κ3) is 4.05. The van der Waals surface area contributed by atoms with Gasteiger partial charge in [0.1, 0.15) is 0 Å². The largest absolute Gasteiger partial charge is 0.370 e. The van der Waals surface area contributed by atoms with Gasteiger partial charge in [-0.05, 0) is 42.7 Å². The molecule has 0 unspecified atom stereocenters. The average Bonchev–Trinajstić information content (AvgIpc) is 2.49. The highest BCUT2D eigenvalue weighted by molar-refractivity contribution is 5.92. The maximum absolute atomic E-state index is 10.7. The minimum atomic E-state index is -0.427. The minimum Gasteiger partial charge on any atom is -0.370 e. The predicted octanol–water partition coefficient (Wildman–Crippen LogP) is 3.14. The van der Waals surface area contributed by atoms with Crippen LogP contribution >= 0.6 is 0 Å². The Morgan fingerprint density at radius 2 is 2.00 bits per heavy atom. The van der Waals surface area contributed by atoms with Crippen LogP contribution in [-0.4, -0.2) is 10.9 Å². The van der Waals surface area contributed by atoms with Crippen molar-refractivity contribution in [3.63, 3.8) is 0 Å². The fourth-order valence-corrected chi connectivity index (χ4v) is 1.95. The molecule has 0 amide bonds. The number of nitrogens with zero attached hydrogens (tertiary/aromatic N) is 2. The highest BCUT2D eigenvalue weighted by Crippen LogP contribution is 2.15. The van der Waals surface area contributed by atoms with Crippen LogP contribution in [0, 0.1) is 24.0 Å². The number of aryl methyl sites for hydroxylation is 2. The standard InChI is InChI=1S/C16H18N4O2/c1-11-6-7-14(8-12(11)2)19-16(17)18-10-13-4-3-5-15(9-13)20(21)22/h3-9H,10H2,1-2H3,(H3,17,18,19). The number of nitro groups is 1. The fraction of sp³-hybridized carbons (Fsp3) is 0.188. The topological polar surface area (TPSA) is 93.5 Å². The van der Waals surface area contributed by atoms with E-state index in [9.17, 15) is 10.1 Å². The number of non-ortho nitro benzene ring substituents is 1. The van der Waals surface area contributed by atoms with E-state index in [-0.39, 0.29) is 18.2 Å². The first-order valence-corrected chi connectivity index (χ1v) is 6.83. The van der Waals surface area contributed by atoms with Crippen LogP contribution in [0.4, 0.5) is 11.4 Å². The number of aliphatic imine (C=N–C) groups is 1. The van der Waals surface area contributed by atoms with Crippen molar-refractivity contribution in [3.8, 4) is 0 Å². The van der Waals surface area contributed by atoms with Crippen LogP contribution in [0.25, 0.3) is 0 Å². The van der Waals surface area contributed by atoms with Crippen LogP contribution in [0.5, 0.6) is 0 Å². The maximum Gasteiger partial charge on any atom is 0.269 e. The van der Waals surface area contributed by atoms with Crippen molar-refractivity contribution in [1.29, 1.82) is 0 Å². The molecule has 6 nitrogen and oxygen atoms in total. The van der Waals surface area contributed by atoms with Gasteiger partial charge in [0, 0.05) is 17.8 Å². The molecule has 3 N–H and O–H groups in total. The Kier molecular flexibility index (Phi) is 4.73. The Morgan fingerprint density at radius 3 is 2.68 bits per heavy atom. The predicted molar refractivity (Wildman–Crippen MR) is 88.0 cm³/mol. The Bertz CT molecular complexity index is 726. The van der Waals surface area contributed by atoms with Gasteiger partial charge in [-0.1, -0.05) is 18.2 Å². The molecule has 0 aliphatic rings. The van der Waals surface area contributed by atoms with E-state index in [1.165, 1.54) is 17.7 Å². The lowest BCUT2D eigenvalue weighted by Gasteiger charge is -2.08. The molecule has 114 valence electrons. The van der Waals surface area contributed by atoms with Crippen LogP contribution in [0.3, 0.4) is 0 Å². The first-order chi connectivity index (χ1) is 10.5. The number of guanidine groups is 1. The molecule has 0 radical (unpaired) electrons. The number of hydrogen-bond donors (Lipinski definition) is 2. The summed E-state index contributed by atoms with van der Waals surface area (Å²) in [5.41, 5.74) is 9.86. The van der Waals surface area contributed by atoms with Crippen molar-refractivity contribution in [2.75, 3.05) is 5.32 Å². The molecule has 2 aromatic carbocycles. The first kappa shape index (κ1) is 15.5. The van der Waals surface area contributed by atoms with E-state index in [1.807, 2.05) is 32.0 Å². The molecule has 0 aliphatic heterocycles. The van der Waals surface area contributed by atoms with E-state index in [0.29, 0.717) is 0 Å². The molecule has 2 rings (SSSR count). The lowest BCUT2D eigenvalue weighted by Crippen LogP contribution is -2.22. The summed E-state index contributed by atoms with van der Waals surface area (Å²) in [4.78, 5) is 14.5. The van der Waals surface area contributed by atoms with Gasteiger partial charge in [-0.15, -0.1) is 0 Å². The molecular weight excluding hydrogens is 280 g/mol. The fourth-order valence-electron chi connectivity index (χ4n) is 1.95. The molecule has 0 saturated heterocycles. The van der Waals surface area contributed by atoms with Crippen LogP contribution in [-0.2, 0) is 6.54 Å². The quantitative estimate of drug-likeness (QED) is 0.392. The average molecular weight is 298 g/mol. The number of hydrogen-bond acceptors (Lipinski definition) is 3. The third-order valence-electron chi connectivity index (χ3n) is 3.33. The van der Waals surface area contributed by atoms with Crippen LogP contribution in [0.1, 0.15) is 16.7 Å². The summed E-state index contributed by atoms with van der Waals surface area (Å²) in [6.45, 7) is 4.35. The molecule has 0 heterocycles. The second-order valence-electron chi connectivity index (χ2n) is 5.05. The zero-order chi connectivity index (χ0) is 16.1. The van der Waals surface area contributed by atoms with Gasteiger partial charge in [0.15, 0.2) is 5.96 Å². The van der Waals surface area contributed by atoms with Gasteiger partial charge in [0.05, 0.1) is 11.5 Å². The molecule has 0 aromatic heterocycles. The molecule has 0 spiro atoms. The molecule has 6 heteroatoms. The SMILES string of the molecule is Cc1ccc(NC(N)=NCc2cccc([N+](=O)[O-])c2)cc1C. The summed E-state index contributed by atoms with van der Waals surface area (Å²) >= 11 is 0. The van der Waals surface area contributed by atoms with Gasteiger partial charge in [-0.3, -0.25) is 10.1 Å². The highest BCUT2D eigenvalue weighted by atomic mass is 16.6. The Labute approximate surface area is 128 Å². The monoisotopic (exact) mass is 298 g/mol. The van der Waals surface area contributed by atoms with Crippen molar-refractivity contribution >= 4 is 17.3 Å². The Hall–Kier alpha value is -2.89. The van der Waals surface area contributed by atoms with E-state index in [0.717, 1.165) is 16.8 Å². The summed E-state index contributed by atoms with van der Waals surface area (Å²) in [5, 5.41) is 13.7. The van der Waals surface area contributed by atoms with E-state index in [4.69, 9.17) is 5.73 Å². The molecule has 2 aromatic rings. The summed E-state index contributed by atoms with van der Waals surface area (Å²) in [7, 11) is 0. The highest BCUT2D eigenvalue weighted by Gasteiger charge is 2.05. The van der Waals surface area contributed by atoms with Gasteiger partial charge >= 0.3 is 0 Å². The second kappa shape index (κ2) is 6.71. The smallest absolute Gasteiger partial charge is 0.269 e. The summed E-state index contributed by atoms with van der Waals surface area (Å²) in [6, 6.07) is 12.3. The zero-order valence-electron chi connectivity index (χ0n) is 12.5. The number of benzene rings is 2. The molecule has 0 aliphatic carbocycles. The van der Waals surface area contributed by atoms with E-state index >= 15 is 0 Å². The third-order valence-corrected chi connectivity index (χ3v) is 3.33. The van der Waals surface area contributed by atoms with Crippen molar-refractivity contribution < 1.29 is 4.92 Å². The molecule has 0 atom stereocenters. The zero-order valence-corrected chi connectivity index (χ0v) is 12.5. The van der Waals surface area contributed by atoms with Crippen molar-refractivity contribution in [1.82, 2.24) is 0 Å². The molecule has 22 heavy (non-hydrogen) atoms. The second-order valence-corrected chi connectivity index (χ2v) is 5.05. The van der Waals surface area contributed by atoms with Crippen LogP contribution < -0.4 is 11.1 Å². The first-order valence-electron chi connectivity index (χ1n) is 6.83. The van der Waals surface area contributed by atoms with Crippen molar-refractivity contribution in [3.05, 3.63) is 69.3 Å². The molecule has 0 saturated carbocycles.